The second kappa shape index (κ2) is 8.51. The van der Waals surface area contributed by atoms with Crippen molar-refractivity contribution in [1.29, 1.82) is 0 Å². The van der Waals surface area contributed by atoms with Crippen molar-refractivity contribution in [1.82, 2.24) is 9.97 Å². The van der Waals surface area contributed by atoms with Crippen LogP contribution in [0.15, 0.2) is 10.8 Å². The van der Waals surface area contributed by atoms with Crippen LogP contribution in [-0.4, -0.2) is 39.7 Å². The molecule has 0 aliphatic carbocycles. The van der Waals surface area contributed by atoms with Gasteiger partial charge in [0.05, 0.1) is 0 Å². The van der Waals surface area contributed by atoms with Crippen molar-refractivity contribution in [3.8, 4) is 0 Å². The van der Waals surface area contributed by atoms with E-state index in [0.29, 0.717) is 5.82 Å². The Labute approximate surface area is 113 Å². The molecule has 1 aromatic heterocycles. The average molecular weight is 322 g/mol. The van der Waals surface area contributed by atoms with Gasteiger partial charge in [-0.25, -0.2) is 15.8 Å². The molecule has 96 valence electrons. The van der Waals surface area contributed by atoms with Gasteiger partial charge in [-0.3, -0.25) is 0 Å². The number of aliphatic hydroxyl groups is 1. The molecular formula is C9H16BrN5OS. The van der Waals surface area contributed by atoms with Gasteiger partial charge in [-0.1, -0.05) is 0 Å². The van der Waals surface area contributed by atoms with Gasteiger partial charge < -0.3 is 15.8 Å². The molecule has 0 unspecified atom stereocenters. The third kappa shape index (κ3) is 5.07. The number of thioether (sulfide) groups is 1. The molecule has 1 rings (SSSR count). The van der Waals surface area contributed by atoms with E-state index in [1.165, 1.54) is 6.33 Å². The van der Waals surface area contributed by atoms with E-state index in [9.17, 15) is 0 Å². The Kier molecular flexibility index (Phi) is 7.25. The zero-order valence-electron chi connectivity index (χ0n) is 9.32. The second-order valence-electron chi connectivity index (χ2n) is 3.15. The number of nitrogen functional groups attached to an aromatic ring is 1. The topological polar surface area (TPSA) is 96.1 Å². The monoisotopic (exact) mass is 321 g/mol. The van der Waals surface area contributed by atoms with Crippen LogP contribution in [0, 0.1) is 0 Å². The number of nitrogens with zero attached hydrogens (tertiary/aromatic N) is 2. The molecule has 0 amide bonds. The van der Waals surface area contributed by atoms with Gasteiger partial charge in [0.15, 0.2) is 5.82 Å². The molecule has 0 aliphatic rings. The van der Waals surface area contributed by atoms with Gasteiger partial charge in [0.1, 0.15) is 16.6 Å². The lowest BCUT2D eigenvalue weighted by molar-refractivity contribution is 0.296. The summed E-state index contributed by atoms with van der Waals surface area (Å²) in [5.74, 6) is 8.50. The summed E-state index contributed by atoms with van der Waals surface area (Å²) in [6.45, 7) is 1.05. The zero-order valence-corrected chi connectivity index (χ0v) is 11.7. The summed E-state index contributed by atoms with van der Waals surface area (Å²) in [5, 5.41) is 11.8. The van der Waals surface area contributed by atoms with Crippen molar-refractivity contribution in [3.05, 3.63) is 10.8 Å². The van der Waals surface area contributed by atoms with Crippen molar-refractivity contribution in [3.63, 3.8) is 0 Å². The molecule has 0 bridgehead atoms. The number of hydrogen-bond donors (Lipinski definition) is 4. The minimum Gasteiger partial charge on any atom is -0.396 e. The molecule has 5 N–H and O–H groups in total. The molecule has 17 heavy (non-hydrogen) atoms. The number of rotatable bonds is 8. The highest BCUT2D eigenvalue weighted by Gasteiger charge is 2.06. The lowest BCUT2D eigenvalue weighted by Gasteiger charge is -2.09. The highest BCUT2D eigenvalue weighted by Crippen LogP contribution is 2.25. The first-order valence-electron chi connectivity index (χ1n) is 5.19. The molecule has 0 aromatic carbocycles. The molecule has 0 radical (unpaired) electrons. The van der Waals surface area contributed by atoms with Crippen LogP contribution in [0.1, 0.15) is 6.42 Å². The van der Waals surface area contributed by atoms with E-state index in [1.807, 2.05) is 0 Å². The van der Waals surface area contributed by atoms with Gasteiger partial charge in [0, 0.05) is 18.9 Å². The van der Waals surface area contributed by atoms with Crippen molar-refractivity contribution in [2.24, 2.45) is 5.84 Å². The molecule has 0 atom stereocenters. The summed E-state index contributed by atoms with van der Waals surface area (Å²) in [7, 11) is 0. The fraction of sp³-hybridized carbons (Fsp3) is 0.556. The smallest absolute Gasteiger partial charge is 0.159 e. The lowest BCUT2D eigenvalue weighted by Crippen LogP contribution is -2.12. The first-order valence-corrected chi connectivity index (χ1v) is 7.14. The maximum atomic E-state index is 8.62. The van der Waals surface area contributed by atoms with E-state index in [1.54, 1.807) is 11.8 Å². The lowest BCUT2D eigenvalue weighted by atomic mass is 10.5. The Balaban J connectivity index is 2.31. The Morgan fingerprint density at radius 3 is 2.82 bits per heavy atom. The standard InChI is InChI=1S/C9H16BrN5OS/c10-7-8(13-6-14-9(7)15-11)12-2-5-17-4-1-3-16/h6,16H,1-5,11H2,(H2,12,13,14,15). The normalized spacial score (nSPS) is 10.3. The van der Waals surface area contributed by atoms with E-state index in [4.69, 9.17) is 10.9 Å². The van der Waals surface area contributed by atoms with Gasteiger partial charge in [-0.05, 0) is 28.1 Å². The number of anilines is 2. The summed E-state index contributed by atoms with van der Waals surface area (Å²) in [4.78, 5) is 8.07. The minimum absolute atomic E-state index is 0.253. The van der Waals surface area contributed by atoms with E-state index < -0.39 is 0 Å². The first kappa shape index (κ1) is 14.5. The molecule has 0 fully saturated rings. The van der Waals surface area contributed by atoms with Crippen LogP contribution in [0.5, 0.6) is 0 Å². The number of aliphatic hydroxyl groups excluding tert-OH is 1. The van der Waals surface area contributed by atoms with E-state index in [0.717, 1.165) is 34.8 Å². The fourth-order valence-electron chi connectivity index (χ4n) is 1.10. The van der Waals surface area contributed by atoms with Gasteiger partial charge in [0.2, 0.25) is 0 Å². The van der Waals surface area contributed by atoms with Crippen LogP contribution in [0.2, 0.25) is 0 Å². The SMILES string of the molecule is NNc1ncnc(NCCSCCCO)c1Br. The Bertz CT molecular complexity index is 341. The maximum Gasteiger partial charge on any atom is 0.159 e. The molecule has 0 saturated carbocycles. The number of halogens is 1. The summed E-state index contributed by atoms with van der Waals surface area (Å²) in [5.41, 5.74) is 2.48. The van der Waals surface area contributed by atoms with Crippen molar-refractivity contribution in [2.45, 2.75) is 6.42 Å². The summed E-state index contributed by atoms with van der Waals surface area (Å²) >= 11 is 5.16. The van der Waals surface area contributed by atoms with Crippen LogP contribution >= 0.6 is 27.7 Å². The Morgan fingerprint density at radius 2 is 2.12 bits per heavy atom. The van der Waals surface area contributed by atoms with Crippen LogP contribution < -0.4 is 16.6 Å². The molecule has 6 nitrogen and oxygen atoms in total. The minimum atomic E-state index is 0.253. The predicted octanol–water partition coefficient (Wildman–Crippen LogP) is 1.05. The molecule has 8 heteroatoms. The number of nitrogens with one attached hydrogen (secondary N) is 2. The quantitative estimate of drug-likeness (QED) is 0.323. The van der Waals surface area contributed by atoms with Crippen LogP contribution in [0.25, 0.3) is 0 Å². The highest BCUT2D eigenvalue weighted by atomic mass is 79.9. The number of nitrogens with two attached hydrogens (primary N) is 1. The second-order valence-corrected chi connectivity index (χ2v) is 5.16. The third-order valence-electron chi connectivity index (χ3n) is 1.91. The van der Waals surface area contributed by atoms with Gasteiger partial charge in [-0.15, -0.1) is 0 Å². The highest BCUT2D eigenvalue weighted by molar-refractivity contribution is 9.10. The predicted molar refractivity (Wildman–Crippen MR) is 75.1 cm³/mol. The molecular weight excluding hydrogens is 306 g/mol. The largest absolute Gasteiger partial charge is 0.396 e. The number of hydrogen-bond acceptors (Lipinski definition) is 7. The van der Waals surface area contributed by atoms with Crippen LogP contribution in [0.3, 0.4) is 0 Å². The maximum absolute atomic E-state index is 8.62. The summed E-state index contributed by atoms with van der Waals surface area (Å²) in [6.07, 6.45) is 2.28. The number of hydrazine groups is 1. The molecule has 0 aliphatic heterocycles. The molecule has 1 aromatic rings. The molecule has 1 heterocycles. The number of aromatic nitrogens is 2. The summed E-state index contributed by atoms with van der Waals surface area (Å²) in [6, 6.07) is 0. The van der Waals surface area contributed by atoms with Gasteiger partial charge in [-0.2, -0.15) is 11.8 Å². The summed E-state index contributed by atoms with van der Waals surface area (Å²) < 4.78 is 0.725. The van der Waals surface area contributed by atoms with E-state index >= 15 is 0 Å². The molecule has 0 spiro atoms. The van der Waals surface area contributed by atoms with Crippen LogP contribution in [0.4, 0.5) is 11.6 Å². The van der Waals surface area contributed by atoms with Crippen molar-refractivity contribution in [2.75, 3.05) is 35.4 Å². The van der Waals surface area contributed by atoms with E-state index in [2.05, 4.69) is 36.6 Å². The average Bonchev–Trinajstić information content (AvgIpc) is 2.35. The zero-order chi connectivity index (χ0) is 12.5. The van der Waals surface area contributed by atoms with E-state index in [-0.39, 0.29) is 6.61 Å². The van der Waals surface area contributed by atoms with Crippen LogP contribution in [-0.2, 0) is 0 Å². The fourth-order valence-corrected chi connectivity index (χ4v) is 2.35. The Hall–Kier alpha value is -0.570. The van der Waals surface area contributed by atoms with Crippen molar-refractivity contribution >= 4 is 39.3 Å². The van der Waals surface area contributed by atoms with Crippen molar-refractivity contribution < 1.29 is 5.11 Å². The molecule has 0 saturated heterocycles. The van der Waals surface area contributed by atoms with Gasteiger partial charge >= 0.3 is 0 Å². The Morgan fingerprint density at radius 1 is 1.35 bits per heavy atom. The van der Waals surface area contributed by atoms with Gasteiger partial charge in [0.25, 0.3) is 0 Å². The third-order valence-corrected chi connectivity index (χ3v) is 3.73. The first-order chi connectivity index (χ1) is 8.29.